The molecule has 1 aromatic heterocycles. The zero-order valence-corrected chi connectivity index (χ0v) is 14.1. The minimum atomic E-state index is -4.40. The maximum Gasteiger partial charge on any atom is 0.416 e. The van der Waals surface area contributed by atoms with Crippen molar-refractivity contribution in [2.45, 2.75) is 19.1 Å². The summed E-state index contributed by atoms with van der Waals surface area (Å²) in [6.45, 7) is 1.66. The van der Waals surface area contributed by atoms with Crippen molar-refractivity contribution in [3.8, 4) is 0 Å². The molecule has 1 heterocycles. The lowest BCUT2D eigenvalue weighted by Crippen LogP contribution is -2.08. The minimum absolute atomic E-state index is 0.496. The Labute approximate surface area is 150 Å². The van der Waals surface area contributed by atoms with Gasteiger partial charge < -0.3 is 0 Å². The van der Waals surface area contributed by atoms with E-state index in [1.165, 1.54) is 6.07 Å². The SMILES string of the molecule is Cc1cc(C(/N=C/c2ccccn2)c2ccccc2)cc(C(F)(F)F)c1. The van der Waals surface area contributed by atoms with Crippen molar-refractivity contribution >= 4 is 6.21 Å². The molecule has 1 unspecified atom stereocenters. The van der Waals surface area contributed by atoms with E-state index in [9.17, 15) is 13.2 Å². The monoisotopic (exact) mass is 354 g/mol. The molecule has 0 amide bonds. The maximum atomic E-state index is 13.2. The van der Waals surface area contributed by atoms with Crippen LogP contribution < -0.4 is 0 Å². The van der Waals surface area contributed by atoms with Gasteiger partial charge in [-0.2, -0.15) is 13.2 Å². The summed E-state index contributed by atoms with van der Waals surface area (Å²) in [4.78, 5) is 8.73. The highest BCUT2D eigenvalue weighted by Crippen LogP contribution is 2.34. The molecule has 0 N–H and O–H groups in total. The van der Waals surface area contributed by atoms with E-state index in [0.717, 1.165) is 11.6 Å². The predicted molar refractivity (Wildman–Crippen MR) is 96.3 cm³/mol. The van der Waals surface area contributed by atoms with Crippen molar-refractivity contribution in [3.63, 3.8) is 0 Å². The topological polar surface area (TPSA) is 25.2 Å². The van der Waals surface area contributed by atoms with E-state index in [1.54, 1.807) is 37.5 Å². The molecule has 3 aromatic rings. The summed E-state index contributed by atoms with van der Waals surface area (Å²) in [7, 11) is 0. The number of nitrogens with zero attached hydrogens (tertiary/aromatic N) is 2. The average molecular weight is 354 g/mol. The van der Waals surface area contributed by atoms with Crippen LogP contribution in [-0.4, -0.2) is 11.2 Å². The van der Waals surface area contributed by atoms with Crippen LogP contribution in [0.1, 0.15) is 34.0 Å². The highest BCUT2D eigenvalue weighted by molar-refractivity contribution is 5.77. The van der Waals surface area contributed by atoms with E-state index >= 15 is 0 Å². The van der Waals surface area contributed by atoms with Gasteiger partial charge >= 0.3 is 6.18 Å². The zero-order valence-electron chi connectivity index (χ0n) is 14.1. The summed E-state index contributed by atoms with van der Waals surface area (Å²) in [5.41, 5.74) is 1.84. The van der Waals surface area contributed by atoms with E-state index < -0.39 is 17.8 Å². The Hall–Kier alpha value is -2.95. The Balaban J connectivity index is 2.07. The molecule has 0 aliphatic carbocycles. The smallest absolute Gasteiger partial charge is 0.278 e. The van der Waals surface area contributed by atoms with Crippen LogP contribution in [-0.2, 0) is 6.18 Å². The van der Waals surface area contributed by atoms with Gasteiger partial charge in [0.15, 0.2) is 0 Å². The molecule has 0 saturated heterocycles. The Kier molecular flexibility index (Phi) is 5.16. The number of rotatable bonds is 4. The predicted octanol–water partition coefficient (Wildman–Crippen LogP) is 5.62. The quantitative estimate of drug-likeness (QED) is 0.559. The molecular weight excluding hydrogens is 337 g/mol. The molecule has 0 spiro atoms. The van der Waals surface area contributed by atoms with Crippen LogP contribution in [0, 0.1) is 6.92 Å². The van der Waals surface area contributed by atoms with Crippen molar-refractivity contribution in [1.29, 1.82) is 0 Å². The second-order valence-electron chi connectivity index (χ2n) is 5.98. The molecule has 1 atom stereocenters. The number of aromatic nitrogens is 1. The Morgan fingerprint density at radius 1 is 0.923 bits per heavy atom. The van der Waals surface area contributed by atoms with Gasteiger partial charge in [-0.05, 0) is 42.3 Å². The minimum Gasteiger partial charge on any atom is -0.278 e. The molecule has 3 rings (SSSR count). The molecule has 0 aliphatic heterocycles. The fourth-order valence-corrected chi connectivity index (χ4v) is 2.74. The molecule has 0 radical (unpaired) electrons. The van der Waals surface area contributed by atoms with Crippen molar-refractivity contribution in [3.05, 3.63) is 101 Å². The number of halogens is 3. The maximum absolute atomic E-state index is 13.2. The summed E-state index contributed by atoms with van der Waals surface area (Å²) < 4.78 is 39.6. The number of hydrogen-bond donors (Lipinski definition) is 0. The normalized spacial score (nSPS) is 13.1. The molecule has 132 valence electrons. The first-order chi connectivity index (χ1) is 12.4. The van der Waals surface area contributed by atoms with Crippen LogP contribution in [0.4, 0.5) is 13.2 Å². The van der Waals surface area contributed by atoms with Crippen molar-refractivity contribution < 1.29 is 13.2 Å². The third-order valence-corrected chi connectivity index (χ3v) is 3.90. The van der Waals surface area contributed by atoms with E-state index in [-0.39, 0.29) is 0 Å². The van der Waals surface area contributed by atoms with E-state index in [0.29, 0.717) is 16.8 Å². The summed E-state index contributed by atoms with van der Waals surface area (Å²) in [5.74, 6) is 0. The molecule has 0 fully saturated rings. The van der Waals surface area contributed by atoms with Gasteiger partial charge in [0.2, 0.25) is 0 Å². The van der Waals surface area contributed by atoms with E-state index in [2.05, 4.69) is 9.98 Å². The summed E-state index contributed by atoms with van der Waals surface area (Å²) in [5, 5.41) is 0. The van der Waals surface area contributed by atoms with Gasteiger partial charge in [0.05, 0.1) is 11.3 Å². The molecule has 26 heavy (non-hydrogen) atoms. The van der Waals surface area contributed by atoms with Crippen LogP contribution in [0.15, 0.2) is 77.9 Å². The van der Waals surface area contributed by atoms with Crippen LogP contribution >= 0.6 is 0 Å². The van der Waals surface area contributed by atoms with Gasteiger partial charge in [-0.1, -0.05) is 48.0 Å². The Bertz CT molecular complexity index is 888. The summed E-state index contributed by atoms with van der Waals surface area (Å²) >= 11 is 0. The summed E-state index contributed by atoms with van der Waals surface area (Å²) in [6, 6.07) is 18.2. The van der Waals surface area contributed by atoms with Crippen molar-refractivity contribution in [2.75, 3.05) is 0 Å². The Morgan fingerprint density at radius 3 is 2.31 bits per heavy atom. The lowest BCUT2D eigenvalue weighted by molar-refractivity contribution is -0.137. The molecule has 0 aliphatic rings. The molecule has 0 saturated carbocycles. The number of aliphatic imine (C=N–C) groups is 1. The van der Waals surface area contributed by atoms with Crippen LogP contribution in [0.25, 0.3) is 0 Å². The number of alkyl halides is 3. The lowest BCUT2D eigenvalue weighted by Gasteiger charge is -2.17. The van der Waals surface area contributed by atoms with Crippen molar-refractivity contribution in [1.82, 2.24) is 4.98 Å². The Morgan fingerprint density at radius 2 is 1.65 bits per heavy atom. The van der Waals surface area contributed by atoms with Gasteiger partial charge in [-0.25, -0.2) is 0 Å². The second-order valence-corrected chi connectivity index (χ2v) is 5.98. The molecule has 2 aromatic carbocycles. The van der Waals surface area contributed by atoms with Gasteiger partial charge in [0.25, 0.3) is 0 Å². The second kappa shape index (κ2) is 7.52. The van der Waals surface area contributed by atoms with Crippen LogP contribution in [0.2, 0.25) is 0 Å². The van der Waals surface area contributed by atoms with E-state index in [1.807, 2.05) is 36.4 Å². The number of benzene rings is 2. The molecular formula is C21H17F3N2. The fourth-order valence-electron chi connectivity index (χ4n) is 2.74. The van der Waals surface area contributed by atoms with Gasteiger partial charge in [0.1, 0.15) is 6.04 Å². The number of hydrogen-bond acceptors (Lipinski definition) is 2. The first-order valence-corrected chi connectivity index (χ1v) is 8.11. The van der Waals surface area contributed by atoms with Crippen LogP contribution in [0.5, 0.6) is 0 Å². The van der Waals surface area contributed by atoms with Gasteiger partial charge in [-0.3, -0.25) is 9.98 Å². The first-order valence-electron chi connectivity index (χ1n) is 8.11. The zero-order chi connectivity index (χ0) is 18.6. The summed E-state index contributed by atoms with van der Waals surface area (Å²) in [6.07, 6.45) is -1.16. The van der Waals surface area contributed by atoms with Gasteiger partial charge in [0, 0.05) is 12.4 Å². The molecule has 5 heteroatoms. The van der Waals surface area contributed by atoms with E-state index in [4.69, 9.17) is 0 Å². The highest BCUT2D eigenvalue weighted by Gasteiger charge is 2.31. The van der Waals surface area contributed by atoms with Crippen LogP contribution in [0.3, 0.4) is 0 Å². The van der Waals surface area contributed by atoms with Crippen molar-refractivity contribution in [2.24, 2.45) is 4.99 Å². The fraction of sp³-hybridized carbons (Fsp3) is 0.143. The average Bonchev–Trinajstić information content (AvgIpc) is 2.62. The largest absolute Gasteiger partial charge is 0.416 e. The highest BCUT2D eigenvalue weighted by atomic mass is 19.4. The third-order valence-electron chi connectivity index (χ3n) is 3.90. The standard InChI is InChI=1S/C21H17F3N2/c1-15-11-17(13-18(12-15)21(22,23)24)20(16-7-3-2-4-8-16)26-14-19-9-5-6-10-25-19/h2-14,20H,1H3/b26-14+. The molecule has 0 bridgehead atoms. The molecule has 2 nitrogen and oxygen atoms in total. The first kappa shape index (κ1) is 17.9. The van der Waals surface area contributed by atoms with Gasteiger partial charge in [-0.15, -0.1) is 0 Å². The number of pyridine rings is 1. The number of aryl methyl sites for hydroxylation is 1. The lowest BCUT2D eigenvalue weighted by atomic mass is 9.95. The third kappa shape index (κ3) is 4.36.